The molecule has 0 aromatic carbocycles. The Kier molecular flexibility index (Phi) is 4.22. The fraction of sp³-hybridized carbons (Fsp3) is 0.611. The molecule has 1 N–H and O–H groups in total. The van der Waals surface area contributed by atoms with Gasteiger partial charge in [-0.25, -0.2) is 0 Å². The van der Waals surface area contributed by atoms with E-state index in [0.717, 1.165) is 6.54 Å². The summed E-state index contributed by atoms with van der Waals surface area (Å²) in [5.74, 6) is 1.43. The molecule has 24 heavy (non-hydrogen) atoms. The monoisotopic (exact) mass is 329 g/mol. The van der Waals surface area contributed by atoms with Gasteiger partial charge < -0.3 is 15.0 Å². The number of nitrogens with zero attached hydrogens (tertiary/aromatic N) is 2. The van der Waals surface area contributed by atoms with Crippen molar-refractivity contribution in [2.24, 2.45) is 17.8 Å². The highest BCUT2D eigenvalue weighted by molar-refractivity contribution is 5.93. The Balaban J connectivity index is 1.29. The number of aromatic nitrogens is 1. The molecule has 1 saturated carbocycles. The molecule has 2 amide bonds. The highest BCUT2D eigenvalue weighted by atomic mass is 16.5. The molecule has 0 unspecified atom stereocenters. The Hall–Kier alpha value is -1.95. The van der Waals surface area contributed by atoms with Crippen LogP contribution in [-0.2, 0) is 9.53 Å². The highest BCUT2D eigenvalue weighted by Gasteiger charge is 2.45. The number of carbonyl (C=O) groups excluding carboxylic acids is 2. The third-order valence-electron chi connectivity index (χ3n) is 5.42. The summed E-state index contributed by atoms with van der Waals surface area (Å²) in [7, 11) is 0. The number of likely N-dealkylation sites (tertiary alicyclic amines) is 1. The van der Waals surface area contributed by atoms with Gasteiger partial charge in [0, 0.05) is 55.8 Å². The standard InChI is InChI=1S/C18H23N3O3/c22-17(7-12-1-2-12)21-9-15-14(11-24-16(15)10-21)8-20-18(23)13-3-5-19-6-4-13/h3-6,12,14-16H,1-2,7-11H2,(H,20,23)/t14-,15-,16-/m1/s1. The van der Waals surface area contributed by atoms with Crippen molar-refractivity contribution in [2.45, 2.75) is 25.4 Å². The van der Waals surface area contributed by atoms with Gasteiger partial charge in [0.1, 0.15) is 0 Å². The zero-order valence-electron chi connectivity index (χ0n) is 13.7. The number of rotatable bonds is 5. The van der Waals surface area contributed by atoms with Gasteiger partial charge in [-0.2, -0.15) is 0 Å². The van der Waals surface area contributed by atoms with E-state index in [-0.39, 0.29) is 23.8 Å². The minimum absolute atomic E-state index is 0.0829. The third-order valence-corrected chi connectivity index (χ3v) is 5.42. The second kappa shape index (κ2) is 6.51. The van der Waals surface area contributed by atoms with Gasteiger partial charge in [0.2, 0.25) is 5.91 Å². The number of ether oxygens (including phenoxy) is 1. The van der Waals surface area contributed by atoms with Crippen LogP contribution in [0.25, 0.3) is 0 Å². The number of amides is 2. The summed E-state index contributed by atoms with van der Waals surface area (Å²) >= 11 is 0. The van der Waals surface area contributed by atoms with Gasteiger partial charge in [0.15, 0.2) is 0 Å². The van der Waals surface area contributed by atoms with Crippen LogP contribution in [0.3, 0.4) is 0 Å². The van der Waals surface area contributed by atoms with Gasteiger partial charge in [0.05, 0.1) is 12.7 Å². The molecule has 3 aliphatic rings. The van der Waals surface area contributed by atoms with E-state index in [1.807, 2.05) is 4.90 Å². The molecule has 3 heterocycles. The van der Waals surface area contributed by atoms with E-state index in [1.54, 1.807) is 24.5 Å². The number of pyridine rings is 1. The summed E-state index contributed by atoms with van der Waals surface area (Å²) < 4.78 is 5.87. The number of nitrogens with one attached hydrogen (secondary N) is 1. The van der Waals surface area contributed by atoms with E-state index in [1.165, 1.54) is 12.8 Å². The van der Waals surface area contributed by atoms with E-state index < -0.39 is 0 Å². The maximum absolute atomic E-state index is 12.3. The Morgan fingerprint density at radius 3 is 2.79 bits per heavy atom. The smallest absolute Gasteiger partial charge is 0.251 e. The van der Waals surface area contributed by atoms with E-state index in [9.17, 15) is 9.59 Å². The van der Waals surface area contributed by atoms with E-state index in [0.29, 0.717) is 43.5 Å². The van der Waals surface area contributed by atoms with Gasteiger partial charge in [0.25, 0.3) is 5.91 Å². The largest absolute Gasteiger partial charge is 0.376 e. The van der Waals surface area contributed by atoms with Crippen molar-refractivity contribution in [3.05, 3.63) is 30.1 Å². The lowest BCUT2D eigenvalue weighted by molar-refractivity contribution is -0.131. The van der Waals surface area contributed by atoms with Gasteiger partial charge in [-0.05, 0) is 30.9 Å². The summed E-state index contributed by atoms with van der Waals surface area (Å²) in [5.41, 5.74) is 0.619. The average molecular weight is 329 g/mol. The molecule has 2 saturated heterocycles. The van der Waals surface area contributed by atoms with Crippen molar-refractivity contribution in [2.75, 3.05) is 26.2 Å². The second-order valence-corrected chi connectivity index (χ2v) is 7.19. The number of hydrogen-bond acceptors (Lipinski definition) is 4. The first-order valence-electron chi connectivity index (χ1n) is 8.78. The molecule has 0 spiro atoms. The molecule has 0 radical (unpaired) electrons. The normalized spacial score (nSPS) is 28.7. The van der Waals surface area contributed by atoms with Crippen molar-refractivity contribution in [3.63, 3.8) is 0 Å². The fourth-order valence-corrected chi connectivity index (χ4v) is 3.74. The summed E-state index contributed by atoms with van der Waals surface area (Å²) in [6.45, 7) is 2.74. The topological polar surface area (TPSA) is 71.5 Å². The number of fused-ring (bicyclic) bond motifs is 1. The van der Waals surface area contributed by atoms with Crippen LogP contribution in [0, 0.1) is 17.8 Å². The quantitative estimate of drug-likeness (QED) is 0.878. The molecule has 4 rings (SSSR count). The zero-order chi connectivity index (χ0) is 16.5. The molecule has 0 bridgehead atoms. The Labute approximate surface area is 141 Å². The minimum atomic E-state index is -0.0829. The molecular formula is C18H23N3O3. The Morgan fingerprint density at radius 2 is 2.04 bits per heavy atom. The first kappa shape index (κ1) is 15.6. The molecule has 128 valence electrons. The van der Waals surface area contributed by atoms with Crippen LogP contribution in [0.1, 0.15) is 29.6 Å². The third kappa shape index (κ3) is 3.29. The Bertz CT molecular complexity index is 617. The van der Waals surface area contributed by atoms with Crippen molar-refractivity contribution >= 4 is 11.8 Å². The molecule has 3 atom stereocenters. The SMILES string of the molecule is O=C(NC[C@@H]1CO[C@@H]2CN(C(=O)CC3CC3)C[C@H]12)c1ccncc1. The average Bonchev–Trinajstić information content (AvgIpc) is 3.18. The molecule has 1 aromatic rings. The molecule has 3 fully saturated rings. The highest BCUT2D eigenvalue weighted by Crippen LogP contribution is 2.36. The Morgan fingerprint density at radius 1 is 1.25 bits per heavy atom. The minimum Gasteiger partial charge on any atom is -0.376 e. The number of carbonyl (C=O) groups is 2. The predicted molar refractivity (Wildman–Crippen MR) is 87.2 cm³/mol. The first-order chi connectivity index (χ1) is 11.7. The van der Waals surface area contributed by atoms with Crippen LogP contribution in [0.2, 0.25) is 0 Å². The second-order valence-electron chi connectivity index (χ2n) is 7.19. The van der Waals surface area contributed by atoms with Gasteiger partial charge >= 0.3 is 0 Å². The maximum Gasteiger partial charge on any atom is 0.251 e. The van der Waals surface area contributed by atoms with E-state index in [4.69, 9.17) is 4.74 Å². The van der Waals surface area contributed by atoms with Crippen molar-refractivity contribution in [1.82, 2.24) is 15.2 Å². The fourth-order valence-electron chi connectivity index (χ4n) is 3.74. The van der Waals surface area contributed by atoms with Crippen LogP contribution >= 0.6 is 0 Å². The molecule has 1 aromatic heterocycles. The summed E-state index contributed by atoms with van der Waals surface area (Å²) in [4.78, 5) is 30.3. The predicted octanol–water partition coefficient (Wildman–Crippen LogP) is 1.08. The lowest BCUT2D eigenvalue weighted by atomic mass is 9.93. The van der Waals surface area contributed by atoms with Crippen LogP contribution in [0.5, 0.6) is 0 Å². The van der Waals surface area contributed by atoms with Gasteiger partial charge in [-0.1, -0.05) is 0 Å². The number of hydrogen-bond donors (Lipinski definition) is 1. The van der Waals surface area contributed by atoms with Crippen molar-refractivity contribution in [1.29, 1.82) is 0 Å². The first-order valence-corrected chi connectivity index (χ1v) is 8.78. The van der Waals surface area contributed by atoms with Crippen LogP contribution in [-0.4, -0.2) is 54.0 Å². The van der Waals surface area contributed by atoms with Crippen LogP contribution < -0.4 is 5.32 Å². The van der Waals surface area contributed by atoms with Crippen LogP contribution in [0.15, 0.2) is 24.5 Å². The molecule has 6 heteroatoms. The molecule has 6 nitrogen and oxygen atoms in total. The summed E-state index contributed by atoms with van der Waals surface area (Å²) in [6.07, 6.45) is 6.46. The summed E-state index contributed by atoms with van der Waals surface area (Å²) in [5, 5.41) is 2.99. The summed E-state index contributed by atoms with van der Waals surface area (Å²) in [6, 6.07) is 3.41. The van der Waals surface area contributed by atoms with Crippen molar-refractivity contribution in [3.8, 4) is 0 Å². The van der Waals surface area contributed by atoms with Crippen molar-refractivity contribution < 1.29 is 14.3 Å². The maximum atomic E-state index is 12.3. The molecule has 2 aliphatic heterocycles. The van der Waals surface area contributed by atoms with E-state index >= 15 is 0 Å². The zero-order valence-corrected chi connectivity index (χ0v) is 13.7. The lowest BCUT2D eigenvalue weighted by Crippen LogP contribution is -2.35. The molecular weight excluding hydrogens is 306 g/mol. The lowest BCUT2D eigenvalue weighted by Gasteiger charge is -2.20. The van der Waals surface area contributed by atoms with Gasteiger partial charge in [-0.15, -0.1) is 0 Å². The van der Waals surface area contributed by atoms with Gasteiger partial charge in [-0.3, -0.25) is 14.6 Å². The molecule has 1 aliphatic carbocycles. The van der Waals surface area contributed by atoms with E-state index in [2.05, 4.69) is 10.3 Å². The van der Waals surface area contributed by atoms with Crippen LogP contribution in [0.4, 0.5) is 0 Å².